The van der Waals surface area contributed by atoms with Crippen LogP contribution in [0.1, 0.15) is 57.8 Å². The van der Waals surface area contributed by atoms with Gasteiger partial charge in [0.05, 0.1) is 11.7 Å². The minimum absolute atomic E-state index is 0.0591. The molecule has 1 saturated heterocycles. The Labute approximate surface area is 137 Å². The highest BCUT2D eigenvalue weighted by molar-refractivity contribution is 5.96. The topological polar surface area (TPSA) is 46.5 Å². The van der Waals surface area contributed by atoms with E-state index >= 15 is 0 Å². The summed E-state index contributed by atoms with van der Waals surface area (Å²) in [6.07, 6.45) is 1.38. The van der Waals surface area contributed by atoms with Gasteiger partial charge in [-0.3, -0.25) is 4.79 Å². The molecule has 1 N–H and O–H groups in total. The molecule has 1 heterocycles. The molecular weight excluding hydrogens is 288 g/mol. The molecular formula is C20H24O3. The van der Waals surface area contributed by atoms with Crippen molar-refractivity contribution >= 4 is 5.78 Å². The van der Waals surface area contributed by atoms with E-state index in [1.54, 1.807) is 6.92 Å². The Hall–Kier alpha value is -1.45. The quantitative estimate of drug-likeness (QED) is 0.860. The Bertz CT molecular complexity index is 730. The SMILES string of the molecule is CC(=O)C1=C2C3CC(C)(C)OC3c3ccccc3C2(O)CC1C. The van der Waals surface area contributed by atoms with E-state index in [0.717, 1.165) is 28.7 Å². The summed E-state index contributed by atoms with van der Waals surface area (Å²) in [5, 5.41) is 11.6. The van der Waals surface area contributed by atoms with Gasteiger partial charge in [-0.2, -0.15) is 0 Å². The standard InChI is InChI=1S/C20H24O3/c1-11-9-20(22)15-8-6-5-7-13(15)18-14(10-19(3,4)23-18)17(20)16(11)12(2)21/h5-8,11,14,18,22H,9-10H2,1-4H3. The first kappa shape index (κ1) is 15.1. The number of allylic oxidation sites excluding steroid dienone is 1. The fourth-order valence-electron chi connectivity index (χ4n) is 5.21. The second-order valence-electron chi connectivity index (χ2n) is 8.04. The molecule has 1 aromatic carbocycles. The number of fused-ring (bicyclic) bond motifs is 6. The van der Waals surface area contributed by atoms with Crippen LogP contribution in [0.3, 0.4) is 0 Å². The van der Waals surface area contributed by atoms with Crippen molar-refractivity contribution in [2.24, 2.45) is 11.8 Å². The second-order valence-corrected chi connectivity index (χ2v) is 8.04. The van der Waals surface area contributed by atoms with E-state index in [1.165, 1.54) is 0 Å². The molecule has 4 atom stereocenters. The van der Waals surface area contributed by atoms with E-state index < -0.39 is 5.60 Å². The lowest BCUT2D eigenvalue weighted by Crippen LogP contribution is -2.37. The number of carbonyl (C=O) groups excluding carboxylic acids is 1. The summed E-state index contributed by atoms with van der Waals surface area (Å²) in [6, 6.07) is 8.04. The van der Waals surface area contributed by atoms with Crippen LogP contribution in [0.25, 0.3) is 0 Å². The Morgan fingerprint density at radius 1 is 1.26 bits per heavy atom. The number of rotatable bonds is 1. The Morgan fingerprint density at radius 3 is 2.65 bits per heavy atom. The third-order valence-corrected chi connectivity index (χ3v) is 5.82. The molecule has 3 heteroatoms. The summed E-state index contributed by atoms with van der Waals surface area (Å²) in [4.78, 5) is 12.3. The van der Waals surface area contributed by atoms with Crippen LogP contribution < -0.4 is 0 Å². The van der Waals surface area contributed by atoms with Crippen LogP contribution in [-0.4, -0.2) is 16.5 Å². The van der Waals surface area contributed by atoms with Gasteiger partial charge in [0.15, 0.2) is 5.78 Å². The summed E-state index contributed by atoms with van der Waals surface area (Å²) in [7, 11) is 0. The smallest absolute Gasteiger partial charge is 0.156 e. The first-order chi connectivity index (χ1) is 10.7. The zero-order valence-electron chi connectivity index (χ0n) is 14.2. The van der Waals surface area contributed by atoms with Gasteiger partial charge in [-0.1, -0.05) is 31.2 Å². The number of carbonyl (C=O) groups is 1. The number of hydrogen-bond donors (Lipinski definition) is 1. The number of benzene rings is 1. The number of ketones is 1. The molecule has 1 fully saturated rings. The van der Waals surface area contributed by atoms with Crippen LogP contribution in [0.5, 0.6) is 0 Å². The van der Waals surface area contributed by atoms with Gasteiger partial charge in [0.25, 0.3) is 0 Å². The molecule has 3 nitrogen and oxygen atoms in total. The average Bonchev–Trinajstić information content (AvgIpc) is 2.92. The summed E-state index contributed by atoms with van der Waals surface area (Å²) in [6.45, 7) is 7.87. The maximum absolute atomic E-state index is 12.3. The fraction of sp³-hybridized carbons (Fsp3) is 0.550. The highest BCUT2D eigenvalue weighted by Crippen LogP contribution is 2.62. The Balaban J connectivity index is 2.02. The third-order valence-electron chi connectivity index (χ3n) is 5.82. The zero-order valence-corrected chi connectivity index (χ0v) is 14.2. The molecule has 0 radical (unpaired) electrons. The molecule has 4 rings (SSSR count). The Kier molecular flexibility index (Phi) is 2.99. The summed E-state index contributed by atoms with van der Waals surface area (Å²) in [5.74, 6) is 0.267. The molecule has 4 unspecified atom stereocenters. The predicted octanol–water partition coefficient (Wildman–Crippen LogP) is 3.67. The molecule has 0 aromatic heterocycles. The maximum Gasteiger partial charge on any atom is 0.156 e. The van der Waals surface area contributed by atoms with Crippen LogP contribution in [0.2, 0.25) is 0 Å². The molecule has 0 saturated carbocycles. The first-order valence-electron chi connectivity index (χ1n) is 8.50. The van der Waals surface area contributed by atoms with Crippen LogP contribution in [0, 0.1) is 11.8 Å². The van der Waals surface area contributed by atoms with Crippen molar-refractivity contribution in [3.8, 4) is 0 Å². The third kappa shape index (κ3) is 1.93. The van der Waals surface area contributed by atoms with Crippen molar-refractivity contribution in [2.75, 3.05) is 0 Å². The van der Waals surface area contributed by atoms with Gasteiger partial charge < -0.3 is 9.84 Å². The number of aliphatic hydroxyl groups is 1. The largest absolute Gasteiger partial charge is 0.381 e. The van der Waals surface area contributed by atoms with Gasteiger partial charge in [0, 0.05) is 11.5 Å². The van der Waals surface area contributed by atoms with Gasteiger partial charge in [0.2, 0.25) is 0 Å². The van der Waals surface area contributed by atoms with Crippen LogP contribution in [0.15, 0.2) is 35.4 Å². The van der Waals surface area contributed by atoms with Crippen molar-refractivity contribution < 1.29 is 14.6 Å². The zero-order chi connectivity index (χ0) is 16.6. The van der Waals surface area contributed by atoms with E-state index in [2.05, 4.69) is 26.8 Å². The molecule has 23 heavy (non-hydrogen) atoms. The summed E-state index contributed by atoms with van der Waals surface area (Å²) >= 11 is 0. The normalized spacial score (nSPS) is 37.3. The lowest BCUT2D eigenvalue weighted by molar-refractivity contribution is -0.114. The van der Waals surface area contributed by atoms with Crippen LogP contribution in [0.4, 0.5) is 0 Å². The minimum atomic E-state index is -1.01. The molecule has 1 aromatic rings. The van der Waals surface area contributed by atoms with E-state index in [1.807, 2.05) is 18.2 Å². The van der Waals surface area contributed by atoms with Crippen LogP contribution >= 0.6 is 0 Å². The maximum atomic E-state index is 12.3. The van der Waals surface area contributed by atoms with E-state index in [-0.39, 0.29) is 29.3 Å². The average molecular weight is 312 g/mol. The monoisotopic (exact) mass is 312 g/mol. The van der Waals surface area contributed by atoms with Crippen molar-refractivity contribution in [1.82, 2.24) is 0 Å². The number of Topliss-reactive ketones (excluding diaryl/α,β-unsaturated/α-hetero) is 1. The summed E-state index contributed by atoms with van der Waals surface area (Å²) in [5.41, 5.74) is 2.53. The van der Waals surface area contributed by atoms with Gasteiger partial charge in [-0.05, 0) is 56.2 Å². The van der Waals surface area contributed by atoms with Crippen molar-refractivity contribution in [3.63, 3.8) is 0 Å². The lowest BCUT2D eigenvalue weighted by Gasteiger charge is -2.40. The van der Waals surface area contributed by atoms with Crippen molar-refractivity contribution in [1.29, 1.82) is 0 Å². The highest BCUT2D eigenvalue weighted by atomic mass is 16.5. The van der Waals surface area contributed by atoms with E-state index in [9.17, 15) is 9.90 Å². The minimum Gasteiger partial charge on any atom is -0.381 e. The fourth-order valence-corrected chi connectivity index (χ4v) is 5.21. The van der Waals surface area contributed by atoms with E-state index in [4.69, 9.17) is 4.74 Å². The van der Waals surface area contributed by atoms with Gasteiger partial charge in [0.1, 0.15) is 5.60 Å². The molecule has 122 valence electrons. The molecule has 0 bridgehead atoms. The summed E-state index contributed by atoms with van der Waals surface area (Å²) < 4.78 is 6.34. The van der Waals surface area contributed by atoms with Gasteiger partial charge in [-0.15, -0.1) is 0 Å². The number of ether oxygens (including phenoxy) is 1. The predicted molar refractivity (Wildman–Crippen MR) is 87.8 cm³/mol. The molecule has 0 spiro atoms. The van der Waals surface area contributed by atoms with Gasteiger partial charge in [-0.25, -0.2) is 0 Å². The number of hydrogen-bond acceptors (Lipinski definition) is 3. The second kappa shape index (κ2) is 4.55. The van der Waals surface area contributed by atoms with Gasteiger partial charge >= 0.3 is 0 Å². The molecule has 0 amide bonds. The van der Waals surface area contributed by atoms with Crippen molar-refractivity contribution in [2.45, 2.75) is 57.8 Å². The first-order valence-corrected chi connectivity index (χ1v) is 8.50. The van der Waals surface area contributed by atoms with Crippen LogP contribution in [-0.2, 0) is 15.1 Å². The van der Waals surface area contributed by atoms with Crippen molar-refractivity contribution in [3.05, 3.63) is 46.5 Å². The Morgan fingerprint density at radius 2 is 1.96 bits per heavy atom. The highest BCUT2D eigenvalue weighted by Gasteiger charge is 2.58. The molecule has 1 aliphatic heterocycles. The lowest BCUT2D eigenvalue weighted by atomic mass is 9.68. The molecule has 3 aliphatic rings. The van der Waals surface area contributed by atoms with E-state index in [0.29, 0.717) is 6.42 Å². The molecule has 2 aliphatic carbocycles.